The molecule has 0 unspecified atom stereocenters. The third kappa shape index (κ3) is 2.73. The number of carbonyl (C=O) groups is 1. The summed E-state index contributed by atoms with van der Waals surface area (Å²) in [6.07, 6.45) is 9.11. The van der Waals surface area contributed by atoms with Crippen LogP contribution in [0.1, 0.15) is 43.7 Å². The van der Waals surface area contributed by atoms with E-state index >= 15 is 0 Å². The van der Waals surface area contributed by atoms with Gasteiger partial charge in [-0.15, -0.1) is 0 Å². The molecular weight excluding hydrogens is 292 g/mol. The van der Waals surface area contributed by atoms with E-state index in [2.05, 4.69) is 27.8 Å². The predicted molar refractivity (Wildman–Crippen MR) is 86.5 cm³/mol. The molecule has 126 valence electrons. The SMILES string of the molecule is Cc1cnn(C2CCN(C3CC4(CCN(C(=O)O)C4)C3)CC2)c1. The van der Waals surface area contributed by atoms with Gasteiger partial charge in [0.05, 0.1) is 12.2 Å². The Kier molecular flexibility index (Phi) is 3.59. The first-order chi connectivity index (χ1) is 11.0. The van der Waals surface area contributed by atoms with E-state index in [1.54, 1.807) is 4.90 Å². The number of aryl methyl sites for hydroxylation is 1. The second-order valence-corrected chi connectivity index (χ2v) is 7.78. The zero-order valence-electron chi connectivity index (χ0n) is 13.8. The van der Waals surface area contributed by atoms with Crippen molar-refractivity contribution in [3.63, 3.8) is 0 Å². The molecule has 0 atom stereocenters. The third-order valence-corrected chi connectivity index (χ3v) is 6.17. The number of likely N-dealkylation sites (tertiary alicyclic amines) is 2. The topological polar surface area (TPSA) is 61.6 Å². The van der Waals surface area contributed by atoms with Crippen molar-refractivity contribution in [3.05, 3.63) is 18.0 Å². The highest BCUT2D eigenvalue weighted by atomic mass is 16.4. The average Bonchev–Trinajstić information content (AvgIpc) is 3.12. The van der Waals surface area contributed by atoms with Gasteiger partial charge < -0.3 is 14.9 Å². The van der Waals surface area contributed by atoms with E-state index in [4.69, 9.17) is 5.11 Å². The predicted octanol–water partition coefficient (Wildman–Crippen LogP) is 2.36. The lowest BCUT2D eigenvalue weighted by Gasteiger charge is -2.51. The second kappa shape index (κ2) is 5.51. The van der Waals surface area contributed by atoms with Crippen LogP contribution >= 0.6 is 0 Å². The van der Waals surface area contributed by atoms with Gasteiger partial charge in [-0.25, -0.2) is 4.79 Å². The van der Waals surface area contributed by atoms with Crippen LogP contribution < -0.4 is 0 Å². The highest BCUT2D eigenvalue weighted by molar-refractivity contribution is 5.65. The number of hydrogen-bond acceptors (Lipinski definition) is 3. The molecule has 3 fully saturated rings. The van der Waals surface area contributed by atoms with E-state index < -0.39 is 6.09 Å². The molecule has 0 radical (unpaired) electrons. The van der Waals surface area contributed by atoms with Crippen LogP contribution in [0.25, 0.3) is 0 Å². The molecule has 1 saturated carbocycles. The largest absolute Gasteiger partial charge is 0.465 e. The van der Waals surface area contributed by atoms with Crippen LogP contribution in [0, 0.1) is 12.3 Å². The van der Waals surface area contributed by atoms with E-state index in [1.807, 2.05) is 6.20 Å². The fourth-order valence-corrected chi connectivity index (χ4v) is 4.78. The molecule has 6 nitrogen and oxygen atoms in total. The molecule has 1 aromatic heterocycles. The summed E-state index contributed by atoms with van der Waals surface area (Å²) in [5.41, 5.74) is 1.52. The first-order valence-electron chi connectivity index (χ1n) is 8.77. The van der Waals surface area contributed by atoms with Gasteiger partial charge in [0, 0.05) is 38.4 Å². The van der Waals surface area contributed by atoms with Gasteiger partial charge in [-0.1, -0.05) is 0 Å². The molecule has 2 saturated heterocycles. The van der Waals surface area contributed by atoms with Gasteiger partial charge in [-0.3, -0.25) is 4.68 Å². The number of rotatable bonds is 2. The minimum atomic E-state index is -0.749. The Morgan fingerprint density at radius 1 is 1.26 bits per heavy atom. The second-order valence-electron chi connectivity index (χ2n) is 7.78. The maximum Gasteiger partial charge on any atom is 0.407 e. The monoisotopic (exact) mass is 318 g/mol. The smallest absolute Gasteiger partial charge is 0.407 e. The summed E-state index contributed by atoms with van der Waals surface area (Å²) in [7, 11) is 0. The number of carboxylic acid groups (broad SMARTS) is 1. The van der Waals surface area contributed by atoms with Crippen molar-refractivity contribution in [2.45, 2.75) is 51.1 Å². The Balaban J connectivity index is 1.27. The highest BCUT2D eigenvalue weighted by Crippen LogP contribution is 2.50. The van der Waals surface area contributed by atoms with Gasteiger partial charge in [0.1, 0.15) is 0 Å². The minimum absolute atomic E-state index is 0.291. The van der Waals surface area contributed by atoms with Gasteiger partial charge in [-0.05, 0) is 50.0 Å². The van der Waals surface area contributed by atoms with E-state index in [-0.39, 0.29) is 0 Å². The fourth-order valence-electron chi connectivity index (χ4n) is 4.78. The molecule has 1 aliphatic carbocycles. The third-order valence-electron chi connectivity index (χ3n) is 6.17. The Labute approximate surface area is 137 Å². The Morgan fingerprint density at radius 2 is 2.00 bits per heavy atom. The van der Waals surface area contributed by atoms with Crippen LogP contribution in [0.15, 0.2) is 12.4 Å². The minimum Gasteiger partial charge on any atom is -0.465 e. The Hall–Kier alpha value is -1.56. The lowest BCUT2D eigenvalue weighted by atomic mass is 9.64. The first-order valence-corrected chi connectivity index (χ1v) is 8.77. The van der Waals surface area contributed by atoms with E-state index in [9.17, 15) is 4.79 Å². The maximum atomic E-state index is 11.1. The standard InChI is InChI=1S/C17H26N4O2/c1-13-10-18-21(11-13)14-2-5-19(6-3-14)15-8-17(9-15)4-7-20(12-17)16(22)23/h10-11,14-15H,2-9,12H2,1H3,(H,22,23). The van der Waals surface area contributed by atoms with Gasteiger partial charge in [-0.2, -0.15) is 5.10 Å². The van der Waals surface area contributed by atoms with E-state index in [0.717, 1.165) is 32.6 Å². The van der Waals surface area contributed by atoms with Crippen LogP contribution in [0.2, 0.25) is 0 Å². The van der Waals surface area contributed by atoms with Gasteiger partial charge >= 0.3 is 6.09 Å². The fraction of sp³-hybridized carbons (Fsp3) is 0.765. The molecule has 1 spiro atoms. The molecule has 23 heavy (non-hydrogen) atoms. The summed E-state index contributed by atoms with van der Waals surface area (Å²) < 4.78 is 2.14. The zero-order valence-corrected chi connectivity index (χ0v) is 13.8. The first kappa shape index (κ1) is 15.0. The lowest BCUT2D eigenvalue weighted by molar-refractivity contribution is -0.00820. The van der Waals surface area contributed by atoms with Crippen molar-refractivity contribution in [1.82, 2.24) is 19.6 Å². The normalized spacial score (nSPS) is 32.4. The summed E-state index contributed by atoms with van der Waals surface area (Å²) >= 11 is 0. The number of aromatic nitrogens is 2. The van der Waals surface area contributed by atoms with E-state index in [0.29, 0.717) is 17.5 Å². The molecule has 1 amide bonds. The molecule has 3 heterocycles. The van der Waals surface area contributed by atoms with E-state index in [1.165, 1.54) is 31.2 Å². The van der Waals surface area contributed by atoms with Crippen LogP contribution in [0.4, 0.5) is 4.79 Å². The van der Waals surface area contributed by atoms with Crippen molar-refractivity contribution < 1.29 is 9.90 Å². The summed E-state index contributed by atoms with van der Waals surface area (Å²) in [6, 6.07) is 1.21. The molecule has 6 heteroatoms. The molecular formula is C17H26N4O2. The van der Waals surface area contributed by atoms with Crippen LogP contribution in [-0.2, 0) is 0 Å². The molecule has 0 aromatic carbocycles. The van der Waals surface area contributed by atoms with Crippen LogP contribution in [-0.4, -0.2) is 63.0 Å². The molecule has 1 aromatic rings. The summed E-state index contributed by atoms with van der Waals surface area (Å²) in [5, 5.41) is 13.6. The van der Waals surface area contributed by atoms with Crippen molar-refractivity contribution >= 4 is 6.09 Å². The quantitative estimate of drug-likeness (QED) is 0.909. The van der Waals surface area contributed by atoms with Crippen molar-refractivity contribution in [3.8, 4) is 0 Å². The zero-order chi connectivity index (χ0) is 16.0. The number of amides is 1. The van der Waals surface area contributed by atoms with Crippen LogP contribution in [0.3, 0.4) is 0 Å². The van der Waals surface area contributed by atoms with Crippen molar-refractivity contribution in [2.75, 3.05) is 26.2 Å². The molecule has 3 aliphatic rings. The van der Waals surface area contributed by atoms with Gasteiger partial charge in [0.2, 0.25) is 0 Å². The summed E-state index contributed by atoms with van der Waals surface area (Å²) in [4.78, 5) is 15.3. The molecule has 0 bridgehead atoms. The van der Waals surface area contributed by atoms with Crippen molar-refractivity contribution in [2.24, 2.45) is 5.41 Å². The van der Waals surface area contributed by atoms with Crippen molar-refractivity contribution in [1.29, 1.82) is 0 Å². The van der Waals surface area contributed by atoms with Crippen LogP contribution in [0.5, 0.6) is 0 Å². The Bertz CT molecular complexity index is 585. The molecule has 1 N–H and O–H groups in total. The maximum absolute atomic E-state index is 11.1. The van der Waals surface area contributed by atoms with Gasteiger partial charge in [0.25, 0.3) is 0 Å². The summed E-state index contributed by atoms with van der Waals surface area (Å²) in [6.45, 7) is 5.86. The number of hydrogen-bond donors (Lipinski definition) is 1. The number of piperidine rings is 1. The molecule has 4 rings (SSSR count). The molecule has 2 aliphatic heterocycles. The number of nitrogens with zero attached hydrogens (tertiary/aromatic N) is 4. The summed E-state index contributed by atoms with van der Waals surface area (Å²) in [5.74, 6) is 0. The van der Waals surface area contributed by atoms with Gasteiger partial charge in [0.15, 0.2) is 0 Å². The Morgan fingerprint density at radius 3 is 2.57 bits per heavy atom. The lowest BCUT2D eigenvalue weighted by Crippen LogP contribution is -2.54. The average molecular weight is 318 g/mol. The highest BCUT2D eigenvalue weighted by Gasteiger charge is 2.51.